The minimum absolute atomic E-state index is 0.321. The molecule has 0 aliphatic rings. The van der Waals surface area contributed by atoms with Gasteiger partial charge in [-0.15, -0.1) is 11.3 Å². The Bertz CT molecular complexity index is 530. The molecule has 1 nitrogen and oxygen atoms in total. The summed E-state index contributed by atoms with van der Waals surface area (Å²) in [5.41, 5.74) is 2.78. The highest BCUT2D eigenvalue weighted by atomic mass is 127. The van der Waals surface area contributed by atoms with Gasteiger partial charge in [0.1, 0.15) is 0 Å². The van der Waals surface area contributed by atoms with Crippen LogP contribution in [-0.4, -0.2) is 6.54 Å². The van der Waals surface area contributed by atoms with Crippen LogP contribution in [0.1, 0.15) is 40.3 Å². The van der Waals surface area contributed by atoms with Gasteiger partial charge in [-0.2, -0.15) is 0 Å². The van der Waals surface area contributed by atoms with Gasteiger partial charge in [-0.05, 0) is 78.7 Å². The molecule has 0 amide bonds. The quantitative estimate of drug-likeness (QED) is 0.710. The maximum atomic E-state index is 3.68. The first-order chi connectivity index (χ1) is 9.11. The standard InChI is InChI=1S/C16H20INS/c1-4-9-18-16(13-5-7-14(17)8-6-13)15-10-11(2)19-12(15)3/h5-8,10,16,18H,4,9H2,1-3H3. The van der Waals surface area contributed by atoms with Gasteiger partial charge in [0.25, 0.3) is 0 Å². The number of nitrogens with one attached hydrogen (secondary N) is 1. The Morgan fingerprint density at radius 3 is 2.42 bits per heavy atom. The minimum atomic E-state index is 0.321. The molecular weight excluding hydrogens is 365 g/mol. The maximum absolute atomic E-state index is 3.68. The fourth-order valence-corrected chi connectivity index (χ4v) is 3.61. The lowest BCUT2D eigenvalue weighted by molar-refractivity contribution is 0.598. The van der Waals surface area contributed by atoms with Crippen molar-refractivity contribution in [3.63, 3.8) is 0 Å². The second-order valence-corrected chi connectivity index (χ2v) is 7.51. The van der Waals surface area contributed by atoms with Crippen LogP contribution in [-0.2, 0) is 0 Å². The first-order valence-electron chi connectivity index (χ1n) is 6.67. The molecule has 1 atom stereocenters. The number of hydrogen-bond donors (Lipinski definition) is 1. The molecule has 2 rings (SSSR count). The van der Waals surface area contributed by atoms with E-state index in [0.717, 1.165) is 13.0 Å². The molecule has 0 bridgehead atoms. The highest BCUT2D eigenvalue weighted by molar-refractivity contribution is 14.1. The van der Waals surface area contributed by atoms with Crippen molar-refractivity contribution in [3.8, 4) is 0 Å². The molecule has 2 aromatic rings. The van der Waals surface area contributed by atoms with Crippen LogP contribution in [0.3, 0.4) is 0 Å². The van der Waals surface area contributed by atoms with Crippen molar-refractivity contribution in [2.75, 3.05) is 6.54 Å². The highest BCUT2D eigenvalue weighted by Gasteiger charge is 2.17. The van der Waals surface area contributed by atoms with E-state index >= 15 is 0 Å². The Morgan fingerprint density at radius 2 is 1.89 bits per heavy atom. The number of thiophene rings is 1. The SMILES string of the molecule is CCCNC(c1ccc(I)cc1)c1cc(C)sc1C. The van der Waals surface area contributed by atoms with Crippen molar-refractivity contribution < 1.29 is 0 Å². The van der Waals surface area contributed by atoms with Crippen LogP contribution in [0.4, 0.5) is 0 Å². The largest absolute Gasteiger partial charge is 0.306 e. The van der Waals surface area contributed by atoms with Crippen LogP contribution in [0, 0.1) is 17.4 Å². The fourth-order valence-electron chi connectivity index (χ4n) is 2.29. The van der Waals surface area contributed by atoms with Crippen molar-refractivity contribution in [1.29, 1.82) is 0 Å². The summed E-state index contributed by atoms with van der Waals surface area (Å²) in [7, 11) is 0. The monoisotopic (exact) mass is 385 g/mol. The summed E-state index contributed by atoms with van der Waals surface area (Å²) < 4.78 is 1.29. The molecule has 1 heterocycles. The molecule has 102 valence electrons. The lowest BCUT2D eigenvalue weighted by atomic mass is 9.99. The Balaban J connectivity index is 2.35. The minimum Gasteiger partial charge on any atom is -0.306 e. The zero-order valence-electron chi connectivity index (χ0n) is 11.7. The van der Waals surface area contributed by atoms with Crippen LogP contribution in [0.25, 0.3) is 0 Å². The molecule has 1 unspecified atom stereocenters. The van der Waals surface area contributed by atoms with Gasteiger partial charge < -0.3 is 5.32 Å². The van der Waals surface area contributed by atoms with E-state index in [1.54, 1.807) is 0 Å². The third-order valence-corrected chi connectivity index (χ3v) is 4.89. The van der Waals surface area contributed by atoms with Crippen molar-refractivity contribution in [2.24, 2.45) is 0 Å². The van der Waals surface area contributed by atoms with Gasteiger partial charge in [0.2, 0.25) is 0 Å². The third-order valence-electron chi connectivity index (χ3n) is 3.19. The van der Waals surface area contributed by atoms with Gasteiger partial charge in [0.05, 0.1) is 6.04 Å². The Morgan fingerprint density at radius 1 is 1.21 bits per heavy atom. The predicted octanol–water partition coefficient (Wildman–Crippen LogP) is 5.06. The van der Waals surface area contributed by atoms with E-state index in [2.05, 4.69) is 79.0 Å². The summed E-state index contributed by atoms with van der Waals surface area (Å²) in [5.74, 6) is 0. The summed E-state index contributed by atoms with van der Waals surface area (Å²) in [6.07, 6.45) is 1.16. The van der Waals surface area contributed by atoms with Crippen molar-refractivity contribution in [1.82, 2.24) is 5.32 Å². The Labute approximate surface area is 133 Å². The number of aryl methyl sites for hydroxylation is 2. The van der Waals surface area contributed by atoms with Crippen LogP contribution in [0.2, 0.25) is 0 Å². The molecule has 19 heavy (non-hydrogen) atoms. The smallest absolute Gasteiger partial charge is 0.0587 e. The van der Waals surface area contributed by atoms with Gasteiger partial charge >= 0.3 is 0 Å². The number of halogens is 1. The molecule has 0 aliphatic heterocycles. The van der Waals surface area contributed by atoms with Crippen LogP contribution in [0.5, 0.6) is 0 Å². The van der Waals surface area contributed by atoms with E-state index in [1.807, 2.05) is 11.3 Å². The molecule has 1 N–H and O–H groups in total. The zero-order valence-corrected chi connectivity index (χ0v) is 14.6. The van der Waals surface area contributed by atoms with Gasteiger partial charge in [0.15, 0.2) is 0 Å². The maximum Gasteiger partial charge on any atom is 0.0587 e. The molecule has 0 saturated heterocycles. The number of hydrogen-bond acceptors (Lipinski definition) is 2. The summed E-state index contributed by atoms with van der Waals surface area (Å²) in [4.78, 5) is 2.81. The number of benzene rings is 1. The van der Waals surface area contributed by atoms with Gasteiger partial charge in [-0.3, -0.25) is 0 Å². The highest BCUT2D eigenvalue weighted by Crippen LogP contribution is 2.31. The van der Waals surface area contributed by atoms with E-state index in [0.29, 0.717) is 6.04 Å². The topological polar surface area (TPSA) is 12.0 Å². The first kappa shape index (κ1) is 15.0. The second-order valence-electron chi connectivity index (χ2n) is 4.81. The van der Waals surface area contributed by atoms with Gasteiger partial charge in [-0.1, -0.05) is 19.1 Å². The Hall–Kier alpha value is -0.390. The van der Waals surface area contributed by atoms with E-state index < -0.39 is 0 Å². The molecule has 1 aromatic carbocycles. The molecule has 0 spiro atoms. The lowest BCUT2D eigenvalue weighted by Gasteiger charge is -2.19. The zero-order chi connectivity index (χ0) is 13.8. The molecular formula is C16H20INS. The van der Waals surface area contributed by atoms with E-state index in [-0.39, 0.29) is 0 Å². The molecule has 0 saturated carbocycles. The van der Waals surface area contributed by atoms with Crippen molar-refractivity contribution in [2.45, 2.75) is 33.2 Å². The second kappa shape index (κ2) is 6.86. The Kier molecular flexibility index (Phi) is 5.42. The third kappa shape index (κ3) is 3.80. The summed E-state index contributed by atoms with van der Waals surface area (Å²) in [6, 6.07) is 11.5. The normalized spacial score (nSPS) is 12.6. The molecule has 0 radical (unpaired) electrons. The van der Waals surface area contributed by atoms with Gasteiger partial charge in [0, 0.05) is 13.3 Å². The molecule has 0 fully saturated rings. The van der Waals surface area contributed by atoms with Crippen LogP contribution < -0.4 is 5.32 Å². The van der Waals surface area contributed by atoms with Crippen molar-refractivity contribution in [3.05, 3.63) is 54.8 Å². The fraction of sp³-hybridized carbons (Fsp3) is 0.375. The van der Waals surface area contributed by atoms with Crippen LogP contribution >= 0.6 is 33.9 Å². The lowest BCUT2D eigenvalue weighted by Crippen LogP contribution is -2.23. The van der Waals surface area contributed by atoms with Gasteiger partial charge in [-0.25, -0.2) is 0 Å². The van der Waals surface area contributed by atoms with Crippen molar-refractivity contribution >= 4 is 33.9 Å². The summed E-state index contributed by atoms with van der Waals surface area (Å²) >= 11 is 4.24. The molecule has 1 aromatic heterocycles. The van der Waals surface area contributed by atoms with E-state index in [1.165, 1.54) is 24.5 Å². The van der Waals surface area contributed by atoms with E-state index in [9.17, 15) is 0 Å². The summed E-state index contributed by atoms with van der Waals surface area (Å²) in [6.45, 7) is 7.67. The summed E-state index contributed by atoms with van der Waals surface area (Å²) in [5, 5.41) is 3.68. The van der Waals surface area contributed by atoms with Crippen LogP contribution in [0.15, 0.2) is 30.3 Å². The first-order valence-corrected chi connectivity index (χ1v) is 8.57. The number of rotatable bonds is 5. The van der Waals surface area contributed by atoms with E-state index in [4.69, 9.17) is 0 Å². The average molecular weight is 385 g/mol. The predicted molar refractivity (Wildman–Crippen MR) is 93.1 cm³/mol. The average Bonchev–Trinajstić information content (AvgIpc) is 2.71. The molecule has 3 heteroatoms. The molecule has 0 aliphatic carbocycles.